The van der Waals surface area contributed by atoms with E-state index in [9.17, 15) is 0 Å². The van der Waals surface area contributed by atoms with Gasteiger partial charge in [-0.3, -0.25) is 0 Å². The van der Waals surface area contributed by atoms with Gasteiger partial charge in [-0.2, -0.15) is 0 Å². The average Bonchev–Trinajstić information content (AvgIpc) is 3.01. The first-order valence-corrected chi connectivity index (χ1v) is 8.52. The van der Waals surface area contributed by atoms with Crippen LogP contribution in [0.3, 0.4) is 0 Å². The molecular weight excluding hydrogens is 258 g/mol. The van der Waals surface area contributed by atoms with E-state index >= 15 is 0 Å². The molecule has 0 aliphatic carbocycles. The van der Waals surface area contributed by atoms with Gasteiger partial charge in [-0.25, -0.2) is 0 Å². The van der Waals surface area contributed by atoms with Crippen LogP contribution in [-0.4, -0.2) is 36.7 Å². The maximum Gasteiger partial charge on any atom is 0.0627 e. The molecule has 0 saturated carbocycles. The monoisotopic (exact) mass is 287 g/mol. The lowest BCUT2D eigenvalue weighted by atomic mass is 9.71. The van der Waals surface area contributed by atoms with Gasteiger partial charge in [0.15, 0.2) is 0 Å². The van der Waals surface area contributed by atoms with E-state index in [0.717, 1.165) is 13.0 Å². The minimum atomic E-state index is 0.0475. The fourth-order valence-corrected chi connectivity index (χ4v) is 3.76. The lowest BCUT2D eigenvalue weighted by Crippen LogP contribution is -2.45. The van der Waals surface area contributed by atoms with E-state index < -0.39 is 0 Å². The summed E-state index contributed by atoms with van der Waals surface area (Å²) in [6.07, 6.45) is 6.39. The van der Waals surface area contributed by atoms with Gasteiger partial charge in [-0.15, -0.1) is 0 Å². The summed E-state index contributed by atoms with van der Waals surface area (Å²) in [6, 6.07) is 11.1. The second kappa shape index (κ2) is 6.10. The number of hydrogen-bond donors (Lipinski definition) is 0. The molecule has 0 bridgehead atoms. The predicted octanol–water partition coefficient (Wildman–Crippen LogP) is 4.00. The minimum Gasteiger partial charge on any atom is -0.375 e. The molecule has 0 unspecified atom stereocenters. The Kier molecular flexibility index (Phi) is 4.37. The smallest absolute Gasteiger partial charge is 0.0627 e. The quantitative estimate of drug-likeness (QED) is 0.830. The van der Waals surface area contributed by atoms with Crippen LogP contribution in [0.4, 0.5) is 0 Å². The molecule has 21 heavy (non-hydrogen) atoms. The molecule has 0 amide bonds. The molecule has 2 heterocycles. The summed E-state index contributed by atoms with van der Waals surface area (Å²) < 4.78 is 6.23. The maximum absolute atomic E-state index is 6.23. The van der Waals surface area contributed by atoms with Crippen molar-refractivity contribution >= 4 is 0 Å². The molecule has 2 saturated heterocycles. The lowest BCUT2D eigenvalue weighted by Gasteiger charge is -2.44. The number of likely N-dealkylation sites (tertiary alicyclic amines) is 1. The third-order valence-electron chi connectivity index (χ3n) is 5.44. The van der Waals surface area contributed by atoms with Crippen LogP contribution in [0.25, 0.3) is 0 Å². The van der Waals surface area contributed by atoms with Crippen molar-refractivity contribution in [2.24, 2.45) is 0 Å². The van der Waals surface area contributed by atoms with E-state index in [-0.39, 0.29) is 11.0 Å². The maximum atomic E-state index is 6.23. The summed E-state index contributed by atoms with van der Waals surface area (Å²) in [4.78, 5) is 2.63. The highest BCUT2D eigenvalue weighted by molar-refractivity contribution is 5.26. The topological polar surface area (TPSA) is 12.5 Å². The molecule has 0 N–H and O–H groups in total. The molecular formula is C19H29NO. The van der Waals surface area contributed by atoms with Gasteiger partial charge in [0.05, 0.1) is 12.2 Å². The zero-order valence-electron chi connectivity index (χ0n) is 13.6. The van der Waals surface area contributed by atoms with E-state index in [4.69, 9.17) is 4.74 Å². The second-order valence-electron chi connectivity index (χ2n) is 7.49. The highest BCUT2D eigenvalue weighted by atomic mass is 16.5. The van der Waals surface area contributed by atoms with E-state index in [0.29, 0.717) is 0 Å². The average molecular weight is 287 g/mol. The zero-order chi connectivity index (χ0) is 14.8. The van der Waals surface area contributed by atoms with Gasteiger partial charge in [0.1, 0.15) is 0 Å². The van der Waals surface area contributed by atoms with Gasteiger partial charge in [0.25, 0.3) is 0 Å². The van der Waals surface area contributed by atoms with Crippen LogP contribution in [0.2, 0.25) is 0 Å². The van der Waals surface area contributed by atoms with Crippen LogP contribution in [0, 0.1) is 0 Å². The largest absolute Gasteiger partial charge is 0.375 e. The summed E-state index contributed by atoms with van der Waals surface area (Å²) in [5.74, 6) is 0. The van der Waals surface area contributed by atoms with Gasteiger partial charge < -0.3 is 9.64 Å². The number of benzene rings is 1. The molecule has 116 valence electrons. The molecule has 0 spiro atoms. The van der Waals surface area contributed by atoms with Crippen molar-refractivity contribution in [3.05, 3.63) is 35.9 Å². The molecule has 3 rings (SSSR count). The zero-order valence-corrected chi connectivity index (χ0v) is 13.6. The Morgan fingerprint density at radius 3 is 2.38 bits per heavy atom. The van der Waals surface area contributed by atoms with E-state index in [1.54, 1.807) is 0 Å². The molecule has 2 aliphatic rings. The standard InChI is InChI=1S/C19H29NO/c1-18(2)10-11-19(16-21-18,17-8-4-3-5-9-17)12-15-20-13-6-7-14-20/h3-5,8-9H,6-7,10-16H2,1-2H3/t19-/m0/s1. The molecule has 0 aromatic heterocycles. The molecule has 1 aromatic carbocycles. The van der Waals surface area contributed by atoms with E-state index in [2.05, 4.69) is 49.1 Å². The van der Waals surface area contributed by atoms with Crippen molar-refractivity contribution in [1.82, 2.24) is 4.90 Å². The van der Waals surface area contributed by atoms with Crippen LogP contribution in [0.1, 0.15) is 51.5 Å². The van der Waals surface area contributed by atoms with Crippen LogP contribution >= 0.6 is 0 Å². The normalized spacial score (nSPS) is 29.6. The number of rotatable bonds is 4. The number of ether oxygens (including phenoxy) is 1. The first-order valence-electron chi connectivity index (χ1n) is 8.52. The number of hydrogen-bond acceptors (Lipinski definition) is 2. The van der Waals surface area contributed by atoms with E-state index in [1.165, 1.54) is 50.9 Å². The van der Waals surface area contributed by atoms with Gasteiger partial charge in [-0.05, 0) is 71.1 Å². The van der Waals surface area contributed by atoms with Gasteiger partial charge in [-0.1, -0.05) is 30.3 Å². The van der Waals surface area contributed by atoms with Crippen LogP contribution in [-0.2, 0) is 10.2 Å². The first-order chi connectivity index (χ1) is 10.1. The highest BCUT2D eigenvalue weighted by Crippen LogP contribution is 2.41. The minimum absolute atomic E-state index is 0.0475. The van der Waals surface area contributed by atoms with Crippen molar-refractivity contribution in [2.75, 3.05) is 26.2 Å². The van der Waals surface area contributed by atoms with Gasteiger partial charge in [0, 0.05) is 5.41 Å². The third kappa shape index (κ3) is 3.49. The summed E-state index contributed by atoms with van der Waals surface area (Å²) in [6.45, 7) is 9.12. The second-order valence-corrected chi connectivity index (χ2v) is 7.49. The molecule has 1 aromatic rings. The Morgan fingerprint density at radius 2 is 1.76 bits per heavy atom. The van der Waals surface area contributed by atoms with Crippen molar-refractivity contribution in [3.63, 3.8) is 0 Å². The summed E-state index contributed by atoms with van der Waals surface area (Å²) in [5.41, 5.74) is 1.74. The molecule has 0 radical (unpaired) electrons. The van der Waals surface area contributed by atoms with Crippen LogP contribution in [0.5, 0.6) is 0 Å². The summed E-state index contributed by atoms with van der Waals surface area (Å²) >= 11 is 0. The Labute approximate surface area is 129 Å². The van der Waals surface area contributed by atoms with Crippen molar-refractivity contribution < 1.29 is 4.74 Å². The Balaban J connectivity index is 1.74. The molecule has 2 heteroatoms. The Morgan fingerprint density at radius 1 is 1.05 bits per heavy atom. The van der Waals surface area contributed by atoms with Crippen molar-refractivity contribution in [2.45, 2.75) is 57.0 Å². The molecule has 2 aliphatic heterocycles. The van der Waals surface area contributed by atoms with Crippen LogP contribution < -0.4 is 0 Å². The SMILES string of the molecule is CC1(C)CC[C@@](CCN2CCCC2)(c2ccccc2)CO1. The van der Waals surface area contributed by atoms with Crippen molar-refractivity contribution in [1.29, 1.82) is 0 Å². The lowest BCUT2D eigenvalue weighted by molar-refractivity contribution is -0.0912. The van der Waals surface area contributed by atoms with E-state index in [1.807, 2.05) is 0 Å². The highest BCUT2D eigenvalue weighted by Gasteiger charge is 2.40. The Bertz CT molecular complexity index is 438. The molecule has 2 fully saturated rings. The Hall–Kier alpha value is -0.860. The fraction of sp³-hybridized carbons (Fsp3) is 0.684. The summed E-state index contributed by atoms with van der Waals surface area (Å²) in [7, 11) is 0. The van der Waals surface area contributed by atoms with Crippen molar-refractivity contribution in [3.8, 4) is 0 Å². The summed E-state index contributed by atoms with van der Waals surface area (Å²) in [5, 5.41) is 0. The molecule has 1 atom stereocenters. The fourth-order valence-electron chi connectivity index (χ4n) is 3.76. The number of nitrogens with zero attached hydrogens (tertiary/aromatic N) is 1. The molecule has 2 nitrogen and oxygen atoms in total. The van der Waals surface area contributed by atoms with Crippen LogP contribution in [0.15, 0.2) is 30.3 Å². The van der Waals surface area contributed by atoms with Gasteiger partial charge >= 0.3 is 0 Å². The predicted molar refractivity (Wildman–Crippen MR) is 87.7 cm³/mol. The third-order valence-corrected chi connectivity index (χ3v) is 5.44. The van der Waals surface area contributed by atoms with Gasteiger partial charge in [0.2, 0.25) is 0 Å². The first kappa shape index (κ1) is 15.1.